The van der Waals surface area contributed by atoms with Crippen LogP contribution in [0.1, 0.15) is 5.56 Å². The Labute approximate surface area is 94.2 Å². The maximum Gasteiger partial charge on any atom is 0.0406 e. The number of hydrogen-bond donors (Lipinski definition) is 1. The highest BCUT2D eigenvalue weighted by Crippen LogP contribution is 2.19. The van der Waals surface area contributed by atoms with E-state index >= 15 is 0 Å². The normalized spacial score (nSPS) is 22.2. The summed E-state index contributed by atoms with van der Waals surface area (Å²) in [5.74, 6) is 1.23. The summed E-state index contributed by atoms with van der Waals surface area (Å²) >= 11 is 7.90. The standard InChI is InChI=1S/C11H14ClNS/c12-10-3-1-9(2-4-10)7-11-8-13-5-6-14-11/h1-4,11,13H,5-8H2. The molecule has 1 fully saturated rings. The summed E-state index contributed by atoms with van der Waals surface area (Å²) < 4.78 is 0. The van der Waals surface area contributed by atoms with Crippen LogP contribution in [0.5, 0.6) is 0 Å². The lowest BCUT2D eigenvalue weighted by Gasteiger charge is -2.22. The predicted octanol–water partition coefficient (Wildman–Crippen LogP) is 2.59. The first kappa shape index (κ1) is 10.3. The molecule has 0 spiro atoms. The van der Waals surface area contributed by atoms with Crippen molar-refractivity contribution < 1.29 is 0 Å². The van der Waals surface area contributed by atoms with Crippen LogP contribution in [0.25, 0.3) is 0 Å². The molecule has 0 aromatic heterocycles. The monoisotopic (exact) mass is 227 g/mol. The van der Waals surface area contributed by atoms with Crippen LogP contribution in [0.3, 0.4) is 0 Å². The largest absolute Gasteiger partial charge is 0.315 e. The minimum absolute atomic E-state index is 0.727. The topological polar surface area (TPSA) is 12.0 Å². The molecular formula is C11H14ClNS. The summed E-state index contributed by atoms with van der Waals surface area (Å²) in [5.41, 5.74) is 1.38. The van der Waals surface area contributed by atoms with Crippen LogP contribution in [-0.2, 0) is 6.42 Å². The Kier molecular flexibility index (Phi) is 3.74. The zero-order chi connectivity index (χ0) is 9.80. The van der Waals surface area contributed by atoms with Gasteiger partial charge in [-0.2, -0.15) is 11.8 Å². The van der Waals surface area contributed by atoms with Gasteiger partial charge in [0.1, 0.15) is 0 Å². The zero-order valence-electron chi connectivity index (χ0n) is 8.00. The fourth-order valence-electron chi connectivity index (χ4n) is 1.63. The van der Waals surface area contributed by atoms with E-state index in [1.54, 1.807) is 0 Å². The number of rotatable bonds is 2. The number of nitrogens with one attached hydrogen (secondary N) is 1. The van der Waals surface area contributed by atoms with Crippen LogP contribution in [0.4, 0.5) is 0 Å². The first-order valence-electron chi connectivity index (χ1n) is 4.91. The molecule has 1 aromatic rings. The first-order chi connectivity index (χ1) is 6.84. The molecule has 3 heteroatoms. The molecule has 1 N–H and O–H groups in total. The Morgan fingerprint density at radius 1 is 1.36 bits per heavy atom. The Balaban J connectivity index is 1.92. The van der Waals surface area contributed by atoms with Crippen molar-refractivity contribution in [1.29, 1.82) is 0 Å². The highest BCUT2D eigenvalue weighted by molar-refractivity contribution is 8.00. The molecule has 1 nitrogen and oxygen atoms in total. The Hall–Kier alpha value is -0.180. The summed E-state index contributed by atoms with van der Waals surface area (Å²) in [7, 11) is 0. The molecule has 1 atom stereocenters. The molecule has 1 aliphatic rings. The van der Waals surface area contributed by atoms with Crippen molar-refractivity contribution in [2.75, 3.05) is 18.8 Å². The van der Waals surface area contributed by atoms with E-state index in [-0.39, 0.29) is 0 Å². The van der Waals surface area contributed by atoms with Gasteiger partial charge in [0.05, 0.1) is 0 Å². The van der Waals surface area contributed by atoms with Crippen molar-refractivity contribution in [2.45, 2.75) is 11.7 Å². The van der Waals surface area contributed by atoms with Crippen LogP contribution in [0.2, 0.25) is 5.02 Å². The SMILES string of the molecule is Clc1ccc(CC2CNCCS2)cc1. The van der Waals surface area contributed by atoms with E-state index in [2.05, 4.69) is 29.2 Å². The van der Waals surface area contributed by atoms with Gasteiger partial charge in [0.2, 0.25) is 0 Å². The van der Waals surface area contributed by atoms with E-state index in [0.29, 0.717) is 0 Å². The molecule has 1 heterocycles. The minimum Gasteiger partial charge on any atom is -0.315 e. The smallest absolute Gasteiger partial charge is 0.0406 e. The second-order valence-electron chi connectivity index (χ2n) is 3.53. The van der Waals surface area contributed by atoms with Gasteiger partial charge in [-0.1, -0.05) is 23.7 Å². The fraction of sp³-hybridized carbons (Fsp3) is 0.455. The molecule has 0 saturated carbocycles. The molecule has 0 aliphatic carbocycles. The molecule has 0 amide bonds. The van der Waals surface area contributed by atoms with Crippen LogP contribution in [-0.4, -0.2) is 24.1 Å². The molecule has 14 heavy (non-hydrogen) atoms. The fourth-order valence-corrected chi connectivity index (χ4v) is 2.90. The highest BCUT2D eigenvalue weighted by atomic mass is 35.5. The van der Waals surface area contributed by atoms with Gasteiger partial charge in [0.25, 0.3) is 0 Å². The maximum atomic E-state index is 5.84. The number of benzene rings is 1. The van der Waals surface area contributed by atoms with Crippen LogP contribution < -0.4 is 5.32 Å². The summed E-state index contributed by atoms with van der Waals surface area (Å²) in [6, 6.07) is 8.19. The van der Waals surface area contributed by atoms with Gasteiger partial charge in [-0.15, -0.1) is 0 Å². The summed E-state index contributed by atoms with van der Waals surface area (Å²) in [6.45, 7) is 2.29. The summed E-state index contributed by atoms with van der Waals surface area (Å²) in [5, 5.41) is 4.97. The number of thioether (sulfide) groups is 1. The Bertz CT molecular complexity index is 280. The molecule has 1 unspecified atom stereocenters. The molecule has 1 aromatic carbocycles. The Morgan fingerprint density at radius 2 is 2.14 bits per heavy atom. The van der Waals surface area contributed by atoms with Gasteiger partial charge in [0.15, 0.2) is 0 Å². The lowest BCUT2D eigenvalue weighted by Crippen LogP contribution is -2.33. The summed E-state index contributed by atoms with van der Waals surface area (Å²) in [4.78, 5) is 0. The van der Waals surface area contributed by atoms with Gasteiger partial charge >= 0.3 is 0 Å². The van der Waals surface area contributed by atoms with Crippen LogP contribution in [0, 0.1) is 0 Å². The van der Waals surface area contributed by atoms with Crippen LogP contribution in [0.15, 0.2) is 24.3 Å². The van der Waals surface area contributed by atoms with E-state index in [9.17, 15) is 0 Å². The van der Waals surface area contributed by atoms with Crippen molar-refractivity contribution in [3.8, 4) is 0 Å². The lowest BCUT2D eigenvalue weighted by molar-refractivity contribution is 0.666. The van der Waals surface area contributed by atoms with Gasteiger partial charge in [-0.25, -0.2) is 0 Å². The molecule has 2 rings (SSSR count). The van der Waals surface area contributed by atoms with Crippen molar-refractivity contribution in [1.82, 2.24) is 5.32 Å². The molecule has 1 aliphatic heterocycles. The van der Waals surface area contributed by atoms with E-state index in [1.807, 2.05) is 12.1 Å². The van der Waals surface area contributed by atoms with Crippen molar-refractivity contribution in [3.63, 3.8) is 0 Å². The second kappa shape index (κ2) is 5.06. The van der Waals surface area contributed by atoms with Gasteiger partial charge in [-0.3, -0.25) is 0 Å². The molecule has 0 bridgehead atoms. The van der Waals surface area contributed by atoms with E-state index in [4.69, 9.17) is 11.6 Å². The third-order valence-corrected chi connectivity index (χ3v) is 3.88. The van der Waals surface area contributed by atoms with E-state index < -0.39 is 0 Å². The third kappa shape index (κ3) is 2.91. The number of hydrogen-bond acceptors (Lipinski definition) is 2. The van der Waals surface area contributed by atoms with Gasteiger partial charge in [0, 0.05) is 29.1 Å². The molecule has 76 valence electrons. The second-order valence-corrected chi connectivity index (χ2v) is 5.37. The number of halogens is 1. The van der Waals surface area contributed by atoms with Gasteiger partial charge in [-0.05, 0) is 24.1 Å². The molecule has 1 saturated heterocycles. The van der Waals surface area contributed by atoms with Crippen molar-refractivity contribution in [2.24, 2.45) is 0 Å². The maximum absolute atomic E-state index is 5.84. The van der Waals surface area contributed by atoms with E-state index in [0.717, 1.165) is 29.8 Å². The third-order valence-electron chi connectivity index (χ3n) is 2.38. The first-order valence-corrected chi connectivity index (χ1v) is 6.34. The summed E-state index contributed by atoms with van der Waals surface area (Å²) in [6.07, 6.45) is 1.15. The van der Waals surface area contributed by atoms with Crippen molar-refractivity contribution in [3.05, 3.63) is 34.9 Å². The predicted molar refractivity (Wildman–Crippen MR) is 64.3 cm³/mol. The molecule has 0 radical (unpaired) electrons. The minimum atomic E-state index is 0.727. The zero-order valence-corrected chi connectivity index (χ0v) is 9.57. The van der Waals surface area contributed by atoms with E-state index in [1.165, 1.54) is 11.3 Å². The lowest BCUT2D eigenvalue weighted by atomic mass is 10.1. The highest BCUT2D eigenvalue weighted by Gasteiger charge is 2.13. The van der Waals surface area contributed by atoms with Gasteiger partial charge < -0.3 is 5.32 Å². The molecular weight excluding hydrogens is 214 g/mol. The average Bonchev–Trinajstić information content (AvgIpc) is 2.23. The van der Waals surface area contributed by atoms with Crippen molar-refractivity contribution >= 4 is 23.4 Å². The Morgan fingerprint density at radius 3 is 2.79 bits per heavy atom. The van der Waals surface area contributed by atoms with Crippen LogP contribution >= 0.6 is 23.4 Å². The quantitative estimate of drug-likeness (QED) is 0.834. The average molecular weight is 228 g/mol.